The van der Waals surface area contributed by atoms with Gasteiger partial charge in [-0.3, -0.25) is 0 Å². The lowest BCUT2D eigenvalue weighted by Crippen LogP contribution is -2.52. The van der Waals surface area contributed by atoms with Crippen molar-refractivity contribution in [1.82, 2.24) is 12.4 Å². The average Bonchev–Trinajstić information content (AvgIpc) is 2.13. The summed E-state index contributed by atoms with van der Waals surface area (Å²) in [5.41, 5.74) is -10.6. The normalized spacial score (nSPS) is 19.9. The van der Waals surface area contributed by atoms with E-state index in [9.17, 15) is 44.6 Å². The molecule has 0 saturated carbocycles. The van der Waals surface area contributed by atoms with Crippen LogP contribution < -0.4 is 12.4 Å². The number of rotatable bonds is 6. The SMILES string of the molecule is [O-][S+](N[S+]([O-])N[S+]([O-])C(F)(F)F)N[S+]([O-])C(F)(F)F. The second-order valence-corrected chi connectivity index (χ2v) is 7.29. The Hall–Kier alpha value is 0.700. The molecule has 17 heteroatoms. The molecule has 0 rings (SSSR count). The molecule has 116 valence electrons. The fourth-order valence-electron chi connectivity index (χ4n) is 0.335. The van der Waals surface area contributed by atoms with E-state index < -0.39 is 56.8 Å². The predicted molar refractivity (Wildman–Crippen MR) is 54.1 cm³/mol. The maximum absolute atomic E-state index is 11.7. The van der Waals surface area contributed by atoms with Gasteiger partial charge < -0.3 is 18.2 Å². The summed E-state index contributed by atoms with van der Waals surface area (Å²) < 4.78 is 115. The number of nitrogens with one attached hydrogen (secondary N) is 3. The molecule has 0 aliphatic heterocycles. The third-order valence-corrected chi connectivity index (χ3v) is 5.35. The summed E-state index contributed by atoms with van der Waals surface area (Å²) in [6.07, 6.45) is 0. The van der Waals surface area contributed by atoms with Crippen LogP contribution in [0.3, 0.4) is 0 Å². The summed E-state index contributed by atoms with van der Waals surface area (Å²) in [5.74, 6) is 0. The Morgan fingerprint density at radius 2 is 0.842 bits per heavy atom. The maximum Gasteiger partial charge on any atom is 0.597 e. The monoisotopic (exact) mass is 375 g/mol. The summed E-state index contributed by atoms with van der Waals surface area (Å²) in [6.45, 7) is 0. The summed E-state index contributed by atoms with van der Waals surface area (Å²) in [6, 6.07) is 0. The van der Waals surface area contributed by atoms with Crippen LogP contribution >= 0.6 is 0 Å². The van der Waals surface area contributed by atoms with Gasteiger partial charge in [-0.15, -0.1) is 26.3 Å². The fraction of sp³-hybridized carbons (Fsp3) is 1.00. The molecule has 0 aromatic heterocycles. The zero-order valence-corrected chi connectivity index (χ0v) is 11.3. The molecule has 3 N–H and O–H groups in total. The minimum Gasteiger partial charge on any atom is -0.587 e. The van der Waals surface area contributed by atoms with Gasteiger partial charge in [0.15, 0.2) is 0 Å². The van der Waals surface area contributed by atoms with E-state index in [2.05, 4.69) is 0 Å². The molecule has 19 heavy (non-hydrogen) atoms. The van der Waals surface area contributed by atoms with E-state index in [1.54, 1.807) is 0 Å². The van der Waals surface area contributed by atoms with E-state index in [1.165, 1.54) is 0 Å². The third kappa shape index (κ3) is 8.55. The number of hydrogen-bond acceptors (Lipinski definition) is 7. The molecule has 4 atom stereocenters. The molecule has 0 aliphatic carbocycles. The highest BCUT2D eigenvalue weighted by molar-refractivity contribution is 8.13. The summed E-state index contributed by atoms with van der Waals surface area (Å²) >= 11 is -13.7. The number of hydrogen-bond donors (Lipinski definition) is 3. The second-order valence-electron chi connectivity index (χ2n) is 2.22. The van der Waals surface area contributed by atoms with Gasteiger partial charge in [-0.05, 0) is 0 Å². The van der Waals surface area contributed by atoms with Crippen LogP contribution in [-0.2, 0) is 45.8 Å². The van der Waals surface area contributed by atoms with Gasteiger partial charge in [0.2, 0.25) is 45.8 Å². The Morgan fingerprint density at radius 1 is 0.579 bits per heavy atom. The van der Waals surface area contributed by atoms with Crippen LogP contribution in [0.1, 0.15) is 0 Å². The average molecular weight is 375 g/mol. The molecule has 0 saturated heterocycles. The Kier molecular flexibility index (Phi) is 7.92. The molecule has 0 aromatic rings. The molecule has 0 aromatic carbocycles. The van der Waals surface area contributed by atoms with Crippen molar-refractivity contribution >= 4 is 45.8 Å². The van der Waals surface area contributed by atoms with Crippen LogP contribution in [0.5, 0.6) is 0 Å². The van der Waals surface area contributed by atoms with Crippen LogP contribution in [0, 0.1) is 0 Å². The van der Waals surface area contributed by atoms with Gasteiger partial charge in [0.1, 0.15) is 0 Å². The predicted octanol–water partition coefficient (Wildman–Crippen LogP) is -0.720. The van der Waals surface area contributed by atoms with Crippen LogP contribution in [0.15, 0.2) is 0 Å². The summed E-state index contributed by atoms with van der Waals surface area (Å²) in [4.78, 5) is 0. The maximum atomic E-state index is 11.7. The molecule has 0 radical (unpaired) electrons. The van der Waals surface area contributed by atoms with Crippen LogP contribution in [0.4, 0.5) is 26.3 Å². The van der Waals surface area contributed by atoms with Gasteiger partial charge in [-0.1, -0.05) is 0 Å². The standard InChI is InChI=1S/C2H3F6N3O4S4/c3-1(4,5)16(12)9-18(14)11-19(15)10-17(13)2(6,7)8/h9-11H. The van der Waals surface area contributed by atoms with E-state index in [0.717, 1.165) is 12.4 Å². The van der Waals surface area contributed by atoms with Crippen molar-refractivity contribution in [3.05, 3.63) is 0 Å². The van der Waals surface area contributed by atoms with Crippen molar-refractivity contribution in [3.63, 3.8) is 0 Å². The molecule has 0 heterocycles. The van der Waals surface area contributed by atoms with E-state index in [1.807, 2.05) is 0 Å². The van der Waals surface area contributed by atoms with Gasteiger partial charge in [0.25, 0.3) is 0 Å². The van der Waals surface area contributed by atoms with Gasteiger partial charge in [-0.25, -0.2) is 0 Å². The van der Waals surface area contributed by atoms with Crippen molar-refractivity contribution in [2.24, 2.45) is 0 Å². The lowest BCUT2D eigenvalue weighted by atomic mass is 11.6. The first-order valence-electron chi connectivity index (χ1n) is 3.43. The van der Waals surface area contributed by atoms with Crippen molar-refractivity contribution < 1.29 is 44.6 Å². The van der Waals surface area contributed by atoms with Crippen LogP contribution in [0.25, 0.3) is 0 Å². The lowest BCUT2D eigenvalue weighted by molar-refractivity contribution is -0.0446. The zero-order valence-electron chi connectivity index (χ0n) is 8.03. The van der Waals surface area contributed by atoms with Crippen LogP contribution in [0.2, 0.25) is 0 Å². The van der Waals surface area contributed by atoms with Gasteiger partial charge in [-0.2, -0.15) is 0 Å². The third-order valence-electron chi connectivity index (χ3n) is 0.875. The topological polar surface area (TPSA) is 128 Å². The summed E-state index contributed by atoms with van der Waals surface area (Å²) in [5, 5.41) is 0. The molecular formula is C2H3F6N3O4S4. The fourth-order valence-corrected chi connectivity index (χ4v) is 3.63. The first-order valence-corrected chi connectivity index (χ1v) is 8.03. The van der Waals surface area contributed by atoms with E-state index >= 15 is 0 Å². The van der Waals surface area contributed by atoms with Crippen LogP contribution in [-0.4, -0.2) is 29.2 Å². The van der Waals surface area contributed by atoms with E-state index in [-0.39, 0.29) is 0 Å². The molecule has 0 aliphatic rings. The molecule has 0 spiro atoms. The number of alkyl halides is 6. The Morgan fingerprint density at radius 3 is 1.05 bits per heavy atom. The van der Waals surface area contributed by atoms with Gasteiger partial charge >= 0.3 is 11.0 Å². The Labute approximate surface area is 114 Å². The smallest absolute Gasteiger partial charge is 0.587 e. The highest BCUT2D eigenvalue weighted by Gasteiger charge is 2.51. The van der Waals surface area contributed by atoms with Crippen molar-refractivity contribution in [1.29, 1.82) is 0 Å². The van der Waals surface area contributed by atoms with E-state index in [0.29, 0.717) is 0 Å². The summed E-state index contributed by atoms with van der Waals surface area (Å²) in [7, 11) is 0. The highest BCUT2D eigenvalue weighted by Crippen LogP contribution is 2.23. The molecule has 0 fully saturated rings. The second kappa shape index (κ2) is 7.64. The molecule has 0 amide bonds. The zero-order chi connectivity index (χ0) is 15.4. The Balaban J connectivity index is 4.17. The lowest BCUT2D eigenvalue weighted by Gasteiger charge is -2.15. The first-order chi connectivity index (χ1) is 8.34. The largest absolute Gasteiger partial charge is 0.597 e. The first kappa shape index (κ1) is 19.7. The molecular weight excluding hydrogens is 372 g/mol. The molecule has 4 unspecified atom stereocenters. The van der Waals surface area contributed by atoms with Gasteiger partial charge in [0.05, 0.1) is 12.4 Å². The van der Waals surface area contributed by atoms with Crippen molar-refractivity contribution in [3.8, 4) is 0 Å². The quantitative estimate of drug-likeness (QED) is 0.413. The van der Waals surface area contributed by atoms with E-state index in [4.69, 9.17) is 0 Å². The highest BCUT2D eigenvalue weighted by atomic mass is 32.3. The molecule has 7 nitrogen and oxygen atoms in total. The Bertz CT molecular complexity index is 254. The van der Waals surface area contributed by atoms with Crippen molar-refractivity contribution in [2.45, 2.75) is 11.0 Å². The minimum absolute atomic E-state index is 0.858. The minimum atomic E-state index is -5.28. The number of halogens is 6. The van der Waals surface area contributed by atoms with Crippen molar-refractivity contribution in [2.75, 3.05) is 0 Å². The van der Waals surface area contributed by atoms with Gasteiger partial charge in [0, 0.05) is 0 Å². The molecule has 0 bridgehead atoms.